The van der Waals surface area contributed by atoms with Crippen LogP contribution in [0.25, 0.3) is 10.6 Å². The SMILES string of the molecule is Cc1nnc(-c2cccc(NC(=O)C3CCN(C[C@@H]4CC=CCC4)CC3)c2)s1. The summed E-state index contributed by atoms with van der Waals surface area (Å²) in [5.41, 5.74) is 1.84. The average molecular weight is 397 g/mol. The Bertz CT molecular complexity index is 839. The van der Waals surface area contributed by atoms with E-state index in [0.717, 1.165) is 53.1 Å². The minimum Gasteiger partial charge on any atom is -0.326 e. The molecule has 28 heavy (non-hydrogen) atoms. The monoisotopic (exact) mass is 396 g/mol. The summed E-state index contributed by atoms with van der Waals surface area (Å²) in [6.45, 7) is 5.19. The van der Waals surface area contributed by atoms with E-state index >= 15 is 0 Å². The second-order valence-electron chi connectivity index (χ2n) is 7.92. The molecule has 0 bridgehead atoms. The first-order valence-electron chi connectivity index (χ1n) is 10.3. The van der Waals surface area contributed by atoms with E-state index in [4.69, 9.17) is 0 Å². The number of likely N-dealkylation sites (tertiary alicyclic amines) is 1. The molecule has 1 amide bonds. The van der Waals surface area contributed by atoms with Crippen molar-refractivity contribution in [2.75, 3.05) is 25.0 Å². The number of anilines is 1. The largest absolute Gasteiger partial charge is 0.326 e. The molecule has 0 unspecified atom stereocenters. The molecule has 2 heterocycles. The summed E-state index contributed by atoms with van der Waals surface area (Å²) in [6.07, 6.45) is 10.3. The zero-order valence-corrected chi connectivity index (χ0v) is 17.3. The molecule has 1 N–H and O–H groups in total. The highest BCUT2D eigenvalue weighted by molar-refractivity contribution is 7.14. The molecule has 0 radical (unpaired) electrons. The molecule has 2 aliphatic rings. The molecule has 1 aliphatic heterocycles. The number of carbonyl (C=O) groups is 1. The molecular formula is C22H28N4OS. The number of amides is 1. The number of piperidine rings is 1. The standard InChI is InChI=1S/C22H28N4OS/c1-16-24-25-22(28-16)19-8-5-9-20(14-19)23-21(27)18-10-12-26(13-11-18)15-17-6-3-2-4-7-17/h2-3,5,8-9,14,17-18H,4,6-7,10-13,15H2,1H3,(H,23,27)/t17-/m1/s1. The maximum Gasteiger partial charge on any atom is 0.227 e. The third-order valence-corrected chi connectivity index (χ3v) is 6.64. The number of hydrogen-bond donors (Lipinski definition) is 1. The number of aromatic nitrogens is 2. The van der Waals surface area contributed by atoms with Crippen LogP contribution in [0, 0.1) is 18.8 Å². The van der Waals surface area contributed by atoms with Crippen molar-refractivity contribution >= 4 is 22.9 Å². The Morgan fingerprint density at radius 1 is 1.21 bits per heavy atom. The van der Waals surface area contributed by atoms with Gasteiger partial charge >= 0.3 is 0 Å². The summed E-state index contributed by atoms with van der Waals surface area (Å²) < 4.78 is 0. The number of aryl methyl sites for hydroxylation is 1. The van der Waals surface area contributed by atoms with Gasteiger partial charge in [-0.15, -0.1) is 10.2 Å². The van der Waals surface area contributed by atoms with Crippen LogP contribution >= 0.6 is 11.3 Å². The summed E-state index contributed by atoms with van der Waals surface area (Å²) in [6, 6.07) is 7.90. The number of allylic oxidation sites excluding steroid dienone is 2. The molecule has 6 heteroatoms. The van der Waals surface area contributed by atoms with Crippen LogP contribution in [0.2, 0.25) is 0 Å². The molecule has 1 atom stereocenters. The van der Waals surface area contributed by atoms with Crippen molar-refractivity contribution in [1.29, 1.82) is 0 Å². The van der Waals surface area contributed by atoms with E-state index < -0.39 is 0 Å². The molecule has 4 rings (SSSR count). The van der Waals surface area contributed by atoms with Gasteiger partial charge in [0.15, 0.2) is 0 Å². The normalized spacial score (nSPS) is 21.0. The first-order chi connectivity index (χ1) is 13.7. The van der Waals surface area contributed by atoms with E-state index in [2.05, 4.69) is 32.6 Å². The quantitative estimate of drug-likeness (QED) is 0.755. The van der Waals surface area contributed by atoms with Gasteiger partial charge in [0, 0.05) is 23.7 Å². The van der Waals surface area contributed by atoms with Gasteiger partial charge in [-0.2, -0.15) is 0 Å². The van der Waals surface area contributed by atoms with Crippen molar-refractivity contribution in [2.24, 2.45) is 11.8 Å². The highest BCUT2D eigenvalue weighted by Gasteiger charge is 2.26. The summed E-state index contributed by atoms with van der Waals surface area (Å²) in [5.74, 6) is 1.04. The van der Waals surface area contributed by atoms with Crippen LogP contribution < -0.4 is 5.32 Å². The fourth-order valence-corrected chi connectivity index (χ4v) is 4.84. The van der Waals surface area contributed by atoms with Crippen molar-refractivity contribution in [3.63, 3.8) is 0 Å². The lowest BCUT2D eigenvalue weighted by Gasteiger charge is -2.34. The third kappa shape index (κ3) is 4.86. The van der Waals surface area contributed by atoms with E-state index in [1.807, 2.05) is 31.2 Å². The van der Waals surface area contributed by atoms with Crippen LogP contribution in [-0.2, 0) is 4.79 Å². The highest BCUT2D eigenvalue weighted by Crippen LogP contribution is 2.27. The second kappa shape index (κ2) is 8.97. The molecule has 5 nitrogen and oxygen atoms in total. The van der Waals surface area contributed by atoms with E-state index in [1.54, 1.807) is 11.3 Å². The van der Waals surface area contributed by atoms with Gasteiger partial charge in [0.25, 0.3) is 0 Å². The van der Waals surface area contributed by atoms with E-state index in [0.29, 0.717) is 0 Å². The van der Waals surface area contributed by atoms with Crippen molar-refractivity contribution in [3.8, 4) is 10.6 Å². The molecule has 1 saturated heterocycles. The Morgan fingerprint density at radius 2 is 2.07 bits per heavy atom. The number of hydrogen-bond acceptors (Lipinski definition) is 5. The number of benzene rings is 1. The minimum absolute atomic E-state index is 0.106. The predicted molar refractivity (Wildman–Crippen MR) is 114 cm³/mol. The van der Waals surface area contributed by atoms with E-state index in [-0.39, 0.29) is 11.8 Å². The average Bonchev–Trinajstić information content (AvgIpc) is 3.16. The zero-order chi connectivity index (χ0) is 19.3. The Hall–Kier alpha value is -2.05. The Labute approximate surface area is 170 Å². The van der Waals surface area contributed by atoms with Gasteiger partial charge < -0.3 is 10.2 Å². The lowest BCUT2D eigenvalue weighted by atomic mass is 9.91. The number of carbonyl (C=O) groups excluding carboxylic acids is 1. The first kappa shape index (κ1) is 19.3. The van der Waals surface area contributed by atoms with Crippen LogP contribution in [0.15, 0.2) is 36.4 Å². The van der Waals surface area contributed by atoms with Gasteiger partial charge in [-0.3, -0.25) is 4.79 Å². The number of rotatable bonds is 5. The van der Waals surface area contributed by atoms with Crippen molar-refractivity contribution < 1.29 is 4.79 Å². The third-order valence-electron chi connectivity index (χ3n) is 5.76. The van der Waals surface area contributed by atoms with Gasteiger partial charge in [-0.05, 0) is 70.2 Å². The number of nitrogens with zero attached hydrogens (tertiary/aromatic N) is 3. The number of nitrogens with one attached hydrogen (secondary N) is 1. The summed E-state index contributed by atoms with van der Waals surface area (Å²) in [4.78, 5) is 15.3. The molecule has 0 spiro atoms. The Kier molecular flexibility index (Phi) is 6.17. The maximum absolute atomic E-state index is 12.8. The minimum atomic E-state index is 0.106. The zero-order valence-electron chi connectivity index (χ0n) is 16.4. The van der Waals surface area contributed by atoms with Gasteiger partial charge in [-0.1, -0.05) is 35.6 Å². The maximum atomic E-state index is 12.8. The topological polar surface area (TPSA) is 58.1 Å². The van der Waals surface area contributed by atoms with Crippen molar-refractivity contribution in [1.82, 2.24) is 15.1 Å². The van der Waals surface area contributed by atoms with E-state index in [1.165, 1.54) is 25.8 Å². The summed E-state index contributed by atoms with van der Waals surface area (Å²) in [7, 11) is 0. The molecule has 1 fully saturated rings. The molecule has 1 aromatic carbocycles. The molecule has 1 aromatic heterocycles. The Balaban J connectivity index is 1.29. The van der Waals surface area contributed by atoms with Crippen LogP contribution in [0.4, 0.5) is 5.69 Å². The molecular weight excluding hydrogens is 368 g/mol. The summed E-state index contributed by atoms with van der Waals surface area (Å²) >= 11 is 1.57. The highest BCUT2D eigenvalue weighted by atomic mass is 32.1. The van der Waals surface area contributed by atoms with Gasteiger partial charge in [0.2, 0.25) is 5.91 Å². The van der Waals surface area contributed by atoms with Gasteiger partial charge in [-0.25, -0.2) is 0 Å². The van der Waals surface area contributed by atoms with Gasteiger partial charge in [0.05, 0.1) is 0 Å². The Morgan fingerprint density at radius 3 is 2.79 bits per heavy atom. The van der Waals surface area contributed by atoms with E-state index in [9.17, 15) is 4.79 Å². The van der Waals surface area contributed by atoms with Crippen LogP contribution in [-0.4, -0.2) is 40.6 Å². The molecule has 2 aromatic rings. The lowest BCUT2D eigenvalue weighted by molar-refractivity contribution is -0.121. The lowest BCUT2D eigenvalue weighted by Crippen LogP contribution is -2.40. The fourth-order valence-electron chi connectivity index (χ4n) is 4.15. The fraction of sp³-hybridized carbons (Fsp3) is 0.500. The molecule has 1 aliphatic carbocycles. The predicted octanol–water partition coefficient (Wildman–Crippen LogP) is 4.52. The van der Waals surface area contributed by atoms with Crippen molar-refractivity contribution in [2.45, 2.75) is 39.0 Å². The van der Waals surface area contributed by atoms with Crippen molar-refractivity contribution in [3.05, 3.63) is 41.4 Å². The van der Waals surface area contributed by atoms with Crippen LogP contribution in [0.5, 0.6) is 0 Å². The molecule has 0 saturated carbocycles. The van der Waals surface area contributed by atoms with Gasteiger partial charge in [0.1, 0.15) is 10.0 Å². The van der Waals surface area contributed by atoms with Crippen LogP contribution in [0.1, 0.15) is 37.1 Å². The van der Waals surface area contributed by atoms with Crippen LogP contribution in [0.3, 0.4) is 0 Å². The summed E-state index contributed by atoms with van der Waals surface area (Å²) in [5, 5.41) is 13.2. The second-order valence-corrected chi connectivity index (χ2v) is 9.10. The molecule has 148 valence electrons. The first-order valence-corrected chi connectivity index (χ1v) is 11.1. The smallest absolute Gasteiger partial charge is 0.227 e.